The van der Waals surface area contributed by atoms with Gasteiger partial charge in [-0.3, -0.25) is 4.79 Å². The van der Waals surface area contributed by atoms with Crippen molar-refractivity contribution < 1.29 is 22.3 Å². The van der Waals surface area contributed by atoms with Gasteiger partial charge in [0, 0.05) is 18.8 Å². The van der Waals surface area contributed by atoms with Crippen molar-refractivity contribution in [1.82, 2.24) is 4.31 Å². The maximum atomic E-state index is 13.0. The monoisotopic (exact) mass is 440 g/mol. The molecule has 156 valence electrons. The Balaban J connectivity index is 1.65. The second kappa shape index (κ2) is 9.11. The Hall–Kier alpha value is -2.16. The molecule has 1 atom stereocenters. The normalized spacial score (nSPS) is 17.7. The summed E-state index contributed by atoms with van der Waals surface area (Å²) < 4.78 is 45.0. The molecule has 9 heteroatoms. The summed E-state index contributed by atoms with van der Waals surface area (Å²) in [6, 6.07) is 10.3. The molecule has 0 radical (unpaired) electrons. The molecule has 6 nitrogen and oxygen atoms in total. The highest BCUT2D eigenvalue weighted by Crippen LogP contribution is 2.28. The number of hydrogen-bond donors (Lipinski definition) is 1. The lowest BCUT2D eigenvalue weighted by Crippen LogP contribution is -2.44. The van der Waals surface area contributed by atoms with Crippen LogP contribution < -0.4 is 10.1 Å². The van der Waals surface area contributed by atoms with Crippen LogP contribution in [-0.4, -0.2) is 38.8 Å². The predicted molar refractivity (Wildman–Crippen MR) is 110 cm³/mol. The van der Waals surface area contributed by atoms with Crippen LogP contribution in [0.15, 0.2) is 42.5 Å². The first-order valence-electron chi connectivity index (χ1n) is 9.15. The van der Waals surface area contributed by atoms with E-state index in [1.54, 1.807) is 18.2 Å². The van der Waals surface area contributed by atoms with Crippen LogP contribution in [0.5, 0.6) is 5.75 Å². The lowest BCUT2D eigenvalue weighted by atomic mass is 9.98. The highest BCUT2D eigenvalue weighted by molar-refractivity contribution is 7.88. The Kier molecular flexibility index (Phi) is 6.77. The summed E-state index contributed by atoms with van der Waals surface area (Å²) in [5.74, 6) is -0.865. The second-order valence-corrected chi connectivity index (χ2v) is 9.29. The Bertz CT molecular complexity index is 982. The molecule has 1 N–H and O–H groups in total. The molecule has 1 saturated heterocycles. The van der Waals surface area contributed by atoms with E-state index < -0.39 is 21.8 Å². The van der Waals surface area contributed by atoms with Crippen LogP contribution in [0.3, 0.4) is 0 Å². The molecular weight excluding hydrogens is 419 g/mol. The zero-order chi connectivity index (χ0) is 21.0. The summed E-state index contributed by atoms with van der Waals surface area (Å²) in [5, 5.41) is 3.16. The number of methoxy groups -OCH3 is 1. The van der Waals surface area contributed by atoms with E-state index in [4.69, 9.17) is 16.3 Å². The van der Waals surface area contributed by atoms with Crippen LogP contribution in [0.25, 0.3) is 0 Å². The molecule has 2 aromatic rings. The van der Waals surface area contributed by atoms with Crippen molar-refractivity contribution in [2.45, 2.75) is 18.6 Å². The smallest absolute Gasteiger partial charge is 0.228 e. The SMILES string of the molecule is COc1ccc(NC(=O)[C@H]2CCCN(S(=O)(=O)Cc3ccc(F)cc3)C2)cc1Cl. The minimum Gasteiger partial charge on any atom is -0.495 e. The van der Waals surface area contributed by atoms with Crippen LogP contribution in [0.4, 0.5) is 10.1 Å². The number of benzene rings is 2. The highest BCUT2D eigenvalue weighted by Gasteiger charge is 2.32. The fraction of sp³-hybridized carbons (Fsp3) is 0.350. The van der Waals surface area contributed by atoms with Gasteiger partial charge in [0.1, 0.15) is 11.6 Å². The van der Waals surface area contributed by atoms with E-state index in [9.17, 15) is 17.6 Å². The summed E-state index contributed by atoms with van der Waals surface area (Å²) in [4.78, 5) is 12.7. The first-order chi connectivity index (χ1) is 13.8. The molecule has 0 bridgehead atoms. The molecule has 1 aliphatic rings. The number of ether oxygens (including phenoxy) is 1. The minimum absolute atomic E-state index is 0.110. The van der Waals surface area contributed by atoms with Gasteiger partial charge in [0.15, 0.2) is 0 Å². The van der Waals surface area contributed by atoms with Gasteiger partial charge < -0.3 is 10.1 Å². The van der Waals surface area contributed by atoms with Crippen molar-refractivity contribution >= 4 is 33.2 Å². The first-order valence-corrected chi connectivity index (χ1v) is 11.1. The number of halogens is 2. The minimum atomic E-state index is -3.61. The molecule has 2 aromatic carbocycles. The topological polar surface area (TPSA) is 75.7 Å². The number of anilines is 1. The van der Waals surface area contributed by atoms with E-state index in [-0.39, 0.29) is 18.2 Å². The quantitative estimate of drug-likeness (QED) is 0.743. The largest absolute Gasteiger partial charge is 0.495 e. The zero-order valence-corrected chi connectivity index (χ0v) is 17.5. The van der Waals surface area contributed by atoms with Crippen LogP contribution in [0.1, 0.15) is 18.4 Å². The van der Waals surface area contributed by atoms with Gasteiger partial charge in [0.05, 0.1) is 23.8 Å². The maximum Gasteiger partial charge on any atom is 0.228 e. The molecule has 1 aliphatic heterocycles. The number of carbonyl (C=O) groups is 1. The first kappa shape index (κ1) is 21.5. The maximum absolute atomic E-state index is 13.0. The van der Waals surface area contributed by atoms with Crippen molar-refractivity contribution in [3.05, 3.63) is 58.9 Å². The molecule has 0 spiro atoms. The van der Waals surface area contributed by atoms with Gasteiger partial charge in [0.2, 0.25) is 15.9 Å². The third-order valence-electron chi connectivity index (χ3n) is 4.83. The molecule has 0 aliphatic carbocycles. The van der Waals surface area contributed by atoms with Crippen molar-refractivity contribution in [3.8, 4) is 5.75 Å². The fourth-order valence-electron chi connectivity index (χ4n) is 3.28. The van der Waals surface area contributed by atoms with Crippen molar-refractivity contribution in [2.75, 3.05) is 25.5 Å². The summed E-state index contributed by atoms with van der Waals surface area (Å²) in [6.45, 7) is 0.473. The van der Waals surface area contributed by atoms with Crippen LogP contribution in [0, 0.1) is 11.7 Å². The van der Waals surface area contributed by atoms with Crippen molar-refractivity contribution in [1.29, 1.82) is 0 Å². The average molecular weight is 441 g/mol. The number of carbonyl (C=O) groups excluding carboxylic acids is 1. The summed E-state index contributed by atoms with van der Waals surface area (Å²) in [7, 11) is -2.11. The third-order valence-corrected chi connectivity index (χ3v) is 6.94. The van der Waals surface area contributed by atoms with E-state index in [0.717, 1.165) is 0 Å². The van der Waals surface area contributed by atoms with Gasteiger partial charge in [0.25, 0.3) is 0 Å². The van der Waals surface area contributed by atoms with Gasteiger partial charge in [-0.25, -0.2) is 17.1 Å². The molecule has 1 heterocycles. The Morgan fingerprint density at radius 3 is 2.66 bits per heavy atom. The number of nitrogens with zero attached hydrogens (tertiary/aromatic N) is 1. The zero-order valence-electron chi connectivity index (χ0n) is 15.9. The van der Waals surface area contributed by atoms with Gasteiger partial charge >= 0.3 is 0 Å². The molecule has 1 amide bonds. The lowest BCUT2D eigenvalue weighted by molar-refractivity contribution is -0.120. The number of rotatable bonds is 6. The molecule has 3 rings (SSSR count). The number of hydrogen-bond acceptors (Lipinski definition) is 4. The molecule has 0 unspecified atom stereocenters. The Morgan fingerprint density at radius 2 is 2.00 bits per heavy atom. The Labute approximate surface area is 174 Å². The van der Waals surface area contributed by atoms with E-state index in [1.807, 2.05) is 0 Å². The molecular formula is C20H22ClFN2O4S. The van der Waals surface area contributed by atoms with Gasteiger partial charge in [-0.1, -0.05) is 23.7 Å². The van der Waals surface area contributed by atoms with E-state index in [0.29, 0.717) is 41.4 Å². The molecule has 0 aromatic heterocycles. The predicted octanol–water partition coefficient (Wildman–Crippen LogP) is 3.67. The van der Waals surface area contributed by atoms with Crippen molar-refractivity contribution in [2.24, 2.45) is 5.92 Å². The molecule has 1 fully saturated rings. The van der Waals surface area contributed by atoms with Gasteiger partial charge in [-0.05, 0) is 48.7 Å². The molecule has 0 saturated carbocycles. The number of sulfonamides is 1. The van der Waals surface area contributed by atoms with Crippen LogP contribution in [-0.2, 0) is 20.6 Å². The van der Waals surface area contributed by atoms with Crippen LogP contribution in [0.2, 0.25) is 5.02 Å². The average Bonchev–Trinajstić information content (AvgIpc) is 2.70. The van der Waals surface area contributed by atoms with Crippen molar-refractivity contribution in [3.63, 3.8) is 0 Å². The van der Waals surface area contributed by atoms with E-state index in [1.165, 1.54) is 35.7 Å². The summed E-state index contributed by atoms with van der Waals surface area (Å²) in [5.41, 5.74) is 1.03. The Morgan fingerprint density at radius 1 is 1.28 bits per heavy atom. The number of piperidine rings is 1. The number of nitrogens with one attached hydrogen (secondary N) is 1. The fourth-order valence-corrected chi connectivity index (χ4v) is 5.15. The van der Waals surface area contributed by atoms with Gasteiger partial charge in [-0.15, -0.1) is 0 Å². The van der Waals surface area contributed by atoms with Crippen LogP contribution >= 0.6 is 11.6 Å². The second-order valence-electron chi connectivity index (χ2n) is 6.92. The van der Waals surface area contributed by atoms with E-state index in [2.05, 4.69) is 5.32 Å². The van der Waals surface area contributed by atoms with Gasteiger partial charge in [-0.2, -0.15) is 0 Å². The lowest BCUT2D eigenvalue weighted by Gasteiger charge is -2.31. The summed E-state index contributed by atoms with van der Waals surface area (Å²) in [6.07, 6.45) is 1.18. The molecule has 29 heavy (non-hydrogen) atoms. The van der Waals surface area contributed by atoms with E-state index >= 15 is 0 Å². The highest BCUT2D eigenvalue weighted by atomic mass is 35.5. The summed E-state index contributed by atoms with van der Waals surface area (Å²) >= 11 is 6.08. The number of amides is 1. The standard InChI is InChI=1S/C20H22ClFN2O4S/c1-28-19-9-8-17(11-18(19)21)23-20(25)15-3-2-10-24(12-15)29(26,27)13-14-4-6-16(22)7-5-14/h4-9,11,15H,2-3,10,12-13H2,1H3,(H,23,25)/t15-/m0/s1. The third kappa shape index (κ3) is 5.46.